The fourth-order valence-electron chi connectivity index (χ4n) is 3.13. The summed E-state index contributed by atoms with van der Waals surface area (Å²) in [4.78, 5) is 11.2. The third-order valence-corrected chi connectivity index (χ3v) is 4.51. The van der Waals surface area contributed by atoms with Gasteiger partial charge in [0.25, 0.3) is 0 Å². The second-order valence-corrected chi connectivity index (χ2v) is 6.43. The van der Waals surface area contributed by atoms with Crippen LogP contribution in [0.3, 0.4) is 0 Å². The van der Waals surface area contributed by atoms with E-state index in [1.54, 1.807) is 6.92 Å². The largest absolute Gasteiger partial charge is 0.326 e. The first-order chi connectivity index (χ1) is 10.1. The van der Waals surface area contributed by atoms with E-state index in [0.717, 1.165) is 36.2 Å². The van der Waals surface area contributed by atoms with Crippen LogP contribution in [0.25, 0.3) is 0 Å². The first kappa shape index (κ1) is 16.0. The number of carbonyl (C=O) groups is 1. The van der Waals surface area contributed by atoms with Gasteiger partial charge < -0.3 is 10.6 Å². The Labute approximate surface area is 128 Å². The van der Waals surface area contributed by atoms with Gasteiger partial charge in [-0.25, -0.2) is 0 Å². The summed E-state index contributed by atoms with van der Waals surface area (Å²) in [6, 6.07) is 8.00. The monoisotopic (exact) mass is 288 g/mol. The van der Waals surface area contributed by atoms with Crippen LogP contribution in [0.5, 0.6) is 0 Å². The van der Waals surface area contributed by atoms with Gasteiger partial charge in [0.15, 0.2) is 0 Å². The van der Waals surface area contributed by atoms with Gasteiger partial charge in [0.2, 0.25) is 5.91 Å². The molecule has 1 aromatic carbocycles. The molecular formula is C18H28N2O. The van der Waals surface area contributed by atoms with E-state index in [4.69, 9.17) is 0 Å². The number of carbonyl (C=O) groups excluding carboxylic acids is 1. The summed E-state index contributed by atoms with van der Waals surface area (Å²) in [5, 5.41) is 6.41. The van der Waals surface area contributed by atoms with E-state index in [-0.39, 0.29) is 5.91 Å². The van der Waals surface area contributed by atoms with Crippen molar-refractivity contribution in [1.29, 1.82) is 0 Å². The minimum absolute atomic E-state index is 0.0150. The highest BCUT2D eigenvalue weighted by molar-refractivity contribution is 5.89. The Bertz CT molecular complexity index is 450. The van der Waals surface area contributed by atoms with Gasteiger partial charge in [-0.3, -0.25) is 4.79 Å². The van der Waals surface area contributed by atoms with Crippen molar-refractivity contribution >= 4 is 11.6 Å². The molecule has 1 saturated carbocycles. The summed E-state index contributed by atoms with van der Waals surface area (Å²) in [5.74, 6) is 1.82. The number of para-hydroxylation sites is 1. The standard InChI is InChI=1S/C18H28N2O/c1-14-7-9-16(10-8-14)11-12-19-13-17-5-3-4-6-18(17)20-15(2)21/h3-6,14,16,19H,7-13H2,1-2H3,(H,20,21). The summed E-state index contributed by atoms with van der Waals surface area (Å²) in [7, 11) is 0. The van der Waals surface area contributed by atoms with Crippen molar-refractivity contribution in [2.24, 2.45) is 11.8 Å². The van der Waals surface area contributed by atoms with Gasteiger partial charge in [0.1, 0.15) is 0 Å². The molecule has 1 fully saturated rings. The first-order valence-corrected chi connectivity index (χ1v) is 8.21. The molecule has 1 aromatic rings. The Morgan fingerprint density at radius 2 is 1.90 bits per heavy atom. The number of anilines is 1. The van der Waals surface area contributed by atoms with Crippen molar-refractivity contribution in [1.82, 2.24) is 5.32 Å². The predicted molar refractivity (Wildman–Crippen MR) is 88.2 cm³/mol. The molecule has 0 aromatic heterocycles. The van der Waals surface area contributed by atoms with E-state index in [9.17, 15) is 4.79 Å². The van der Waals surface area contributed by atoms with Crippen molar-refractivity contribution < 1.29 is 4.79 Å². The van der Waals surface area contributed by atoms with Crippen LogP contribution in [0, 0.1) is 11.8 Å². The maximum Gasteiger partial charge on any atom is 0.221 e. The van der Waals surface area contributed by atoms with Crippen LogP contribution in [-0.2, 0) is 11.3 Å². The van der Waals surface area contributed by atoms with E-state index in [1.165, 1.54) is 32.1 Å². The number of rotatable bonds is 6. The third-order valence-electron chi connectivity index (χ3n) is 4.51. The highest BCUT2D eigenvalue weighted by Crippen LogP contribution is 2.29. The Hall–Kier alpha value is -1.35. The molecule has 0 spiro atoms. The van der Waals surface area contributed by atoms with Crippen LogP contribution in [0.15, 0.2) is 24.3 Å². The van der Waals surface area contributed by atoms with Crippen LogP contribution in [0.4, 0.5) is 5.69 Å². The van der Waals surface area contributed by atoms with Gasteiger partial charge in [-0.1, -0.05) is 50.8 Å². The summed E-state index contributed by atoms with van der Waals surface area (Å²) < 4.78 is 0. The maximum absolute atomic E-state index is 11.2. The molecule has 3 nitrogen and oxygen atoms in total. The van der Waals surface area contributed by atoms with Crippen molar-refractivity contribution in [3.05, 3.63) is 29.8 Å². The summed E-state index contributed by atoms with van der Waals surface area (Å²) in [6.45, 7) is 5.80. The Balaban J connectivity index is 1.72. The molecule has 1 amide bonds. The van der Waals surface area contributed by atoms with Crippen LogP contribution in [0.1, 0.15) is 51.5 Å². The molecular weight excluding hydrogens is 260 g/mol. The van der Waals surface area contributed by atoms with Gasteiger partial charge in [0.05, 0.1) is 0 Å². The number of amides is 1. The number of benzene rings is 1. The van der Waals surface area contributed by atoms with Gasteiger partial charge >= 0.3 is 0 Å². The van der Waals surface area contributed by atoms with Crippen molar-refractivity contribution in [3.8, 4) is 0 Å². The molecule has 0 radical (unpaired) electrons. The summed E-state index contributed by atoms with van der Waals surface area (Å²) >= 11 is 0. The van der Waals surface area contributed by atoms with Gasteiger partial charge in [-0.15, -0.1) is 0 Å². The molecule has 0 saturated heterocycles. The minimum atomic E-state index is -0.0150. The molecule has 1 aliphatic carbocycles. The smallest absolute Gasteiger partial charge is 0.221 e. The van der Waals surface area contributed by atoms with Crippen LogP contribution >= 0.6 is 0 Å². The number of nitrogens with one attached hydrogen (secondary N) is 2. The minimum Gasteiger partial charge on any atom is -0.326 e. The zero-order chi connectivity index (χ0) is 15.1. The average Bonchev–Trinajstić information content (AvgIpc) is 2.46. The van der Waals surface area contributed by atoms with Crippen molar-refractivity contribution in [2.45, 2.75) is 52.5 Å². The van der Waals surface area contributed by atoms with Crippen LogP contribution < -0.4 is 10.6 Å². The topological polar surface area (TPSA) is 41.1 Å². The normalized spacial score (nSPS) is 22.0. The molecule has 2 rings (SSSR count). The Morgan fingerprint density at radius 3 is 2.62 bits per heavy atom. The molecule has 21 heavy (non-hydrogen) atoms. The van der Waals surface area contributed by atoms with E-state index in [1.807, 2.05) is 18.2 Å². The Kier molecular flexibility index (Phi) is 6.24. The molecule has 0 atom stereocenters. The predicted octanol–water partition coefficient (Wildman–Crippen LogP) is 3.95. The second-order valence-electron chi connectivity index (χ2n) is 6.43. The first-order valence-electron chi connectivity index (χ1n) is 8.21. The van der Waals surface area contributed by atoms with Crippen molar-refractivity contribution in [2.75, 3.05) is 11.9 Å². The zero-order valence-electron chi connectivity index (χ0n) is 13.3. The quantitative estimate of drug-likeness (QED) is 0.778. The zero-order valence-corrected chi connectivity index (χ0v) is 13.3. The highest BCUT2D eigenvalue weighted by Gasteiger charge is 2.17. The molecule has 0 aliphatic heterocycles. The lowest BCUT2D eigenvalue weighted by atomic mass is 9.81. The van der Waals surface area contributed by atoms with Gasteiger partial charge in [-0.2, -0.15) is 0 Å². The van der Waals surface area contributed by atoms with E-state index in [2.05, 4.69) is 23.6 Å². The second kappa shape index (κ2) is 8.18. The Morgan fingerprint density at radius 1 is 1.19 bits per heavy atom. The molecule has 3 heteroatoms. The molecule has 2 N–H and O–H groups in total. The fraction of sp³-hybridized carbons (Fsp3) is 0.611. The van der Waals surface area contributed by atoms with Gasteiger partial charge in [0, 0.05) is 19.2 Å². The SMILES string of the molecule is CC(=O)Nc1ccccc1CNCCC1CCC(C)CC1. The number of hydrogen-bond donors (Lipinski definition) is 2. The number of hydrogen-bond acceptors (Lipinski definition) is 2. The van der Waals surface area contributed by atoms with Crippen molar-refractivity contribution in [3.63, 3.8) is 0 Å². The third kappa shape index (κ3) is 5.50. The van der Waals surface area contributed by atoms with Gasteiger partial charge in [-0.05, 0) is 36.4 Å². The lowest BCUT2D eigenvalue weighted by Gasteiger charge is -2.26. The van der Waals surface area contributed by atoms with Crippen LogP contribution in [0.2, 0.25) is 0 Å². The molecule has 0 heterocycles. The molecule has 1 aliphatic rings. The lowest BCUT2D eigenvalue weighted by molar-refractivity contribution is -0.114. The van der Waals surface area contributed by atoms with E-state index >= 15 is 0 Å². The maximum atomic E-state index is 11.2. The molecule has 0 unspecified atom stereocenters. The summed E-state index contributed by atoms with van der Waals surface area (Å²) in [6.07, 6.45) is 6.86. The van der Waals surface area contributed by atoms with Crippen LogP contribution in [-0.4, -0.2) is 12.5 Å². The highest BCUT2D eigenvalue weighted by atomic mass is 16.1. The average molecular weight is 288 g/mol. The summed E-state index contributed by atoms with van der Waals surface area (Å²) in [5.41, 5.74) is 2.08. The lowest BCUT2D eigenvalue weighted by Crippen LogP contribution is -2.21. The van der Waals surface area contributed by atoms with E-state index < -0.39 is 0 Å². The fourth-order valence-corrected chi connectivity index (χ4v) is 3.13. The molecule has 116 valence electrons. The molecule has 0 bridgehead atoms. The van der Waals surface area contributed by atoms with E-state index in [0.29, 0.717) is 0 Å².